The van der Waals surface area contributed by atoms with Gasteiger partial charge in [-0.3, -0.25) is 5.43 Å². The summed E-state index contributed by atoms with van der Waals surface area (Å²) in [6, 6.07) is 0. The summed E-state index contributed by atoms with van der Waals surface area (Å²) in [4.78, 5) is 1.22. The fourth-order valence-electron chi connectivity index (χ4n) is 1.33. The van der Waals surface area contributed by atoms with Crippen LogP contribution in [0.25, 0.3) is 0 Å². The second kappa shape index (κ2) is 7.72. The molecule has 0 aliphatic carbocycles. The maximum absolute atomic E-state index is 12.1. The highest BCUT2D eigenvalue weighted by atomic mass is 79.9. The quantitative estimate of drug-likeness (QED) is 0.464. The van der Waals surface area contributed by atoms with Crippen molar-refractivity contribution in [1.29, 1.82) is 0 Å². The van der Waals surface area contributed by atoms with Crippen molar-refractivity contribution in [1.82, 2.24) is 10.3 Å². The maximum atomic E-state index is 12.1. The van der Waals surface area contributed by atoms with Crippen molar-refractivity contribution >= 4 is 51.0 Å². The van der Waals surface area contributed by atoms with Crippen LogP contribution in [0.5, 0.6) is 0 Å². The number of alkyl halides is 2. The Morgan fingerprint density at radius 3 is 2.95 bits per heavy atom. The zero-order valence-corrected chi connectivity index (χ0v) is 13.1. The van der Waals surface area contributed by atoms with Gasteiger partial charge in [-0.1, -0.05) is 29.9 Å². The van der Waals surface area contributed by atoms with Crippen molar-refractivity contribution in [2.24, 2.45) is 5.10 Å². The van der Waals surface area contributed by atoms with Gasteiger partial charge in [0.25, 0.3) is 6.43 Å². The van der Waals surface area contributed by atoms with E-state index >= 15 is 0 Å². The van der Waals surface area contributed by atoms with Gasteiger partial charge in [0.05, 0.1) is 17.3 Å². The Hall–Kier alpha value is -0.790. The average Bonchev–Trinajstić information content (AvgIpc) is 2.33. The van der Waals surface area contributed by atoms with E-state index in [-0.39, 0.29) is 0 Å². The Morgan fingerprint density at radius 1 is 1.68 bits per heavy atom. The second-order valence-electron chi connectivity index (χ2n) is 3.42. The molecule has 0 atom stereocenters. The standard InChI is InChI=1S/C11H11BrClF2N3S/c1-2-9-8(13)5-7(12)6-18(9)4-3-16-17-11(19)10(14)15/h2-3,5-6,10H,4H2,1H3,(H,17,19)/b9-2-,16-3+. The summed E-state index contributed by atoms with van der Waals surface area (Å²) in [6.45, 7) is 2.23. The first-order chi connectivity index (χ1) is 8.95. The van der Waals surface area contributed by atoms with Crippen molar-refractivity contribution in [3.05, 3.63) is 33.6 Å². The SMILES string of the molecule is C/C=C1/C(Cl)=CC(Br)=CN1C/C=N/NC(=S)C(F)F. The van der Waals surface area contributed by atoms with Crippen molar-refractivity contribution in [2.45, 2.75) is 13.3 Å². The van der Waals surface area contributed by atoms with Crippen LogP contribution in [0.2, 0.25) is 0 Å². The molecule has 19 heavy (non-hydrogen) atoms. The highest BCUT2D eigenvalue weighted by molar-refractivity contribution is 9.11. The number of halogens is 4. The number of rotatable bonds is 4. The van der Waals surface area contributed by atoms with Gasteiger partial charge in [-0.25, -0.2) is 8.78 Å². The average molecular weight is 371 g/mol. The number of hydrogen-bond donors (Lipinski definition) is 1. The van der Waals surface area contributed by atoms with Gasteiger partial charge in [0.1, 0.15) is 0 Å². The molecule has 0 saturated carbocycles. The third-order valence-corrected chi connectivity index (χ3v) is 3.12. The molecule has 1 N–H and O–H groups in total. The summed E-state index contributed by atoms with van der Waals surface area (Å²) in [5, 5.41) is 4.22. The van der Waals surface area contributed by atoms with E-state index in [4.69, 9.17) is 11.6 Å². The van der Waals surface area contributed by atoms with E-state index in [1.807, 2.05) is 24.1 Å². The minimum absolute atomic E-state index is 0.373. The lowest BCUT2D eigenvalue weighted by molar-refractivity contribution is 0.224. The molecular formula is C11H11BrClF2N3S. The highest BCUT2D eigenvalue weighted by Crippen LogP contribution is 2.28. The van der Waals surface area contributed by atoms with Crippen LogP contribution in [-0.2, 0) is 0 Å². The number of nitrogens with one attached hydrogen (secondary N) is 1. The van der Waals surface area contributed by atoms with Gasteiger partial charge in [0.2, 0.25) is 0 Å². The fourth-order valence-corrected chi connectivity index (χ4v) is 2.33. The molecule has 0 fully saturated rings. The van der Waals surface area contributed by atoms with E-state index in [1.165, 1.54) is 6.21 Å². The Labute approximate surface area is 128 Å². The topological polar surface area (TPSA) is 27.6 Å². The number of hydrazone groups is 1. The monoisotopic (exact) mass is 369 g/mol. The van der Waals surface area contributed by atoms with Gasteiger partial charge in [-0.05, 0) is 28.9 Å². The van der Waals surface area contributed by atoms with Gasteiger partial charge in [0, 0.05) is 16.9 Å². The van der Waals surface area contributed by atoms with Crippen molar-refractivity contribution in [2.75, 3.05) is 6.54 Å². The number of nitrogens with zero attached hydrogens (tertiary/aromatic N) is 2. The summed E-state index contributed by atoms with van der Waals surface area (Å²) in [6.07, 6.45) is 4.16. The lowest BCUT2D eigenvalue weighted by Crippen LogP contribution is -2.25. The van der Waals surface area contributed by atoms with Gasteiger partial charge in [-0.15, -0.1) is 0 Å². The summed E-state index contributed by atoms with van der Waals surface area (Å²) in [5.74, 6) is 0. The van der Waals surface area contributed by atoms with Crippen molar-refractivity contribution in [3.8, 4) is 0 Å². The van der Waals surface area contributed by atoms with Gasteiger partial charge < -0.3 is 4.90 Å². The van der Waals surface area contributed by atoms with Crippen molar-refractivity contribution < 1.29 is 8.78 Å². The minimum Gasteiger partial charge on any atom is -0.340 e. The first kappa shape index (κ1) is 16.3. The normalized spacial score (nSPS) is 18.0. The summed E-state index contributed by atoms with van der Waals surface area (Å²) < 4.78 is 25.0. The van der Waals surface area contributed by atoms with Gasteiger partial charge in [-0.2, -0.15) is 5.10 Å². The van der Waals surface area contributed by atoms with E-state index in [1.54, 1.807) is 6.08 Å². The zero-order valence-electron chi connectivity index (χ0n) is 9.91. The van der Waals surface area contributed by atoms with Crippen molar-refractivity contribution in [3.63, 3.8) is 0 Å². The molecule has 0 aromatic rings. The smallest absolute Gasteiger partial charge is 0.289 e. The molecule has 0 amide bonds. The van der Waals surface area contributed by atoms with E-state index in [0.29, 0.717) is 11.6 Å². The van der Waals surface area contributed by atoms with Crippen LogP contribution in [0.3, 0.4) is 0 Å². The first-order valence-electron chi connectivity index (χ1n) is 5.23. The van der Waals surface area contributed by atoms with Gasteiger partial charge in [0.15, 0.2) is 4.99 Å². The van der Waals surface area contributed by atoms with Crippen LogP contribution in [0.4, 0.5) is 8.78 Å². The van der Waals surface area contributed by atoms with Crippen LogP contribution in [0.15, 0.2) is 38.7 Å². The number of allylic oxidation sites excluding steroid dienone is 4. The third kappa shape index (κ3) is 5.00. The van der Waals surface area contributed by atoms with Crippen LogP contribution < -0.4 is 5.43 Å². The molecule has 104 valence electrons. The van der Waals surface area contributed by atoms with Crippen LogP contribution in [0, 0.1) is 0 Å². The minimum atomic E-state index is -2.71. The Morgan fingerprint density at radius 2 is 2.37 bits per heavy atom. The molecule has 0 spiro atoms. The molecular weight excluding hydrogens is 360 g/mol. The van der Waals surface area contributed by atoms with Crippen LogP contribution >= 0.6 is 39.7 Å². The molecule has 0 unspecified atom stereocenters. The Bertz CT molecular complexity index is 475. The Kier molecular flexibility index (Phi) is 6.60. The van der Waals surface area contributed by atoms with E-state index in [9.17, 15) is 8.78 Å². The summed E-state index contributed by atoms with van der Waals surface area (Å²) >= 11 is 13.8. The molecule has 1 heterocycles. The molecule has 0 radical (unpaired) electrons. The number of hydrogen-bond acceptors (Lipinski definition) is 3. The second-order valence-corrected chi connectivity index (χ2v) is 5.18. The molecule has 0 aromatic carbocycles. The molecule has 1 aliphatic rings. The predicted octanol–water partition coefficient (Wildman–Crippen LogP) is 3.73. The summed E-state index contributed by atoms with van der Waals surface area (Å²) in [7, 11) is 0. The molecule has 8 heteroatoms. The van der Waals surface area contributed by atoms with E-state index in [2.05, 4.69) is 38.7 Å². The number of thiocarbonyl (C=S) groups is 1. The van der Waals surface area contributed by atoms with E-state index < -0.39 is 11.4 Å². The molecule has 1 rings (SSSR count). The first-order valence-corrected chi connectivity index (χ1v) is 6.81. The lowest BCUT2D eigenvalue weighted by Gasteiger charge is -2.25. The zero-order chi connectivity index (χ0) is 14.4. The third-order valence-electron chi connectivity index (χ3n) is 2.11. The molecule has 0 saturated heterocycles. The van der Waals surface area contributed by atoms with Gasteiger partial charge >= 0.3 is 0 Å². The molecule has 3 nitrogen and oxygen atoms in total. The van der Waals surface area contributed by atoms with Crippen LogP contribution in [0.1, 0.15) is 6.92 Å². The maximum Gasteiger partial charge on any atom is 0.289 e. The lowest BCUT2D eigenvalue weighted by atomic mass is 10.2. The summed E-state index contributed by atoms with van der Waals surface area (Å²) in [5.41, 5.74) is 2.91. The molecule has 0 aromatic heterocycles. The van der Waals surface area contributed by atoms with Crippen LogP contribution in [-0.4, -0.2) is 29.1 Å². The highest BCUT2D eigenvalue weighted by Gasteiger charge is 2.14. The largest absolute Gasteiger partial charge is 0.340 e. The van der Waals surface area contributed by atoms with E-state index in [0.717, 1.165) is 10.2 Å². The predicted molar refractivity (Wildman–Crippen MR) is 81.6 cm³/mol. The molecule has 0 bridgehead atoms. The fraction of sp³-hybridized carbons (Fsp3) is 0.273. The Balaban J connectivity index is 2.60. The molecule has 1 aliphatic heterocycles.